The number of ether oxygens (including phenoxy) is 1. The molecule has 0 aliphatic heterocycles. The lowest BCUT2D eigenvalue weighted by Crippen LogP contribution is -2.42. The van der Waals surface area contributed by atoms with Gasteiger partial charge in [-0.1, -0.05) is 13.8 Å². The number of esters is 1. The Hall–Kier alpha value is -1.06. The zero-order chi connectivity index (χ0) is 11.9. The monoisotopic (exact) mass is 214 g/mol. The second kappa shape index (κ2) is 3.51. The lowest BCUT2D eigenvalue weighted by Gasteiger charge is -2.37. The molecule has 4 nitrogen and oxygen atoms in total. The molecule has 1 aliphatic carbocycles. The van der Waals surface area contributed by atoms with Crippen LogP contribution in [0, 0.1) is 16.7 Å². The summed E-state index contributed by atoms with van der Waals surface area (Å²) in [6.07, 6.45) is 1.11. The Morgan fingerprint density at radius 1 is 1.33 bits per heavy atom. The SMILES string of the molecule is COC(=O)C1CCC(C)(C(=O)O)C1(C)C. The van der Waals surface area contributed by atoms with Gasteiger partial charge in [0.15, 0.2) is 0 Å². The van der Waals surface area contributed by atoms with Crippen molar-refractivity contribution in [2.75, 3.05) is 7.11 Å². The first-order valence-corrected chi connectivity index (χ1v) is 5.08. The van der Waals surface area contributed by atoms with Crippen LogP contribution in [-0.2, 0) is 14.3 Å². The molecule has 0 aromatic rings. The van der Waals surface area contributed by atoms with Gasteiger partial charge in [0.25, 0.3) is 0 Å². The van der Waals surface area contributed by atoms with Crippen molar-refractivity contribution in [1.82, 2.24) is 0 Å². The van der Waals surface area contributed by atoms with Crippen LogP contribution in [0.2, 0.25) is 0 Å². The molecule has 0 heterocycles. The molecule has 0 bridgehead atoms. The molecule has 0 aromatic heterocycles. The third kappa shape index (κ3) is 1.52. The van der Waals surface area contributed by atoms with Crippen LogP contribution >= 0.6 is 0 Å². The first-order valence-electron chi connectivity index (χ1n) is 5.08. The van der Waals surface area contributed by atoms with Gasteiger partial charge in [-0.2, -0.15) is 0 Å². The Bertz CT molecular complexity index is 295. The zero-order valence-electron chi connectivity index (χ0n) is 9.66. The Balaban J connectivity index is 3.04. The summed E-state index contributed by atoms with van der Waals surface area (Å²) in [5.41, 5.74) is -1.40. The predicted molar refractivity (Wildman–Crippen MR) is 54.3 cm³/mol. The number of rotatable bonds is 2. The number of carboxylic acid groups (broad SMARTS) is 1. The van der Waals surface area contributed by atoms with Gasteiger partial charge in [-0.25, -0.2) is 0 Å². The fraction of sp³-hybridized carbons (Fsp3) is 0.818. The maximum absolute atomic E-state index is 11.5. The van der Waals surface area contributed by atoms with Crippen molar-refractivity contribution in [1.29, 1.82) is 0 Å². The lowest BCUT2D eigenvalue weighted by molar-refractivity contribution is -0.159. The molecule has 0 spiro atoms. The van der Waals surface area contributed by atoms with E-state index >= 15 is 0 Å². The van der Waals surface area contributed by atoms with Gasteiger partial charge in [0, 0.05) is 0 Å². The number of carbonyl (C=O) groups is 2. The number of carbonyl (C=O) groups excluding carboxylic acids is 1. The molecule has 15 heavy (non-hydrogen) atoms. The van der Waals surface area contributed by atoms with E-state index in [0.29, 0.717) is 12.8 Å². The Labute approximate surface area is 89.6 Å². The molecule has 1 aliphatic rings. The van der Waals surface area contributed by atoms with E-state index in [2.05, 4.69) is 0 Å². The molecule has 0 amide bonds. The van der Waals surface area contributed by atoms with Gasteiger partial charge in [0.2, 0.25) is 0 Å². The number of hydrogen-bond donors (Lipinski definition) is 1. The minimum absolute atomic E-state index is 0.301. The molecular formula is C11H18O4. The van der Waals surface area contributed by atoms with Crippen LogP contribution in [0.5, 0.6) is 0 Å². The highest BCUT2D eigenvalue weighted by atomic mass is 16.5. The van der Waals surface area contributed by atoms with Gasteiger partial charge >= 0.3 is 11.9 Å². The average Bonchev–Trinajstić information content (AvgIpc) is 2.39. The second-order valence-electron chi connectivity index (χ2n) is 4.97. The van der Waals surface area contributed by atoms with Crippen molar-refractivity contribution in [2.24, 2.45) is 16.7 Å². The van der Waals surface area contributed by atoms with E-state index in [1.165, 1.54) is 7.11 Å². The molecule has 0 aromatic carbocycles. The fourth-order valence-corrected chi connectivity index (χ4v) is 2.44. The summed E-state index contributed by atoms with van der Waals surface area (Å²) in [6.45, 7) is 5.36. The van der Waals surface area contributed by atoms with Crippen LogP contribution in [0.4, 0.5) is 0 Å². The normalized spacial score (nSPS) is 33.7. The summed E-state index contributed by atoms with van der Waals surface area (Å²) >= 11 is 0. The molecule has 2 atom stereocenters. The summed E-state index contributed by atoms with van der Waals surface area (Å²) in [6, 6.07) is 0. The molecule has 0 saturated heterocycles. The van der Waals surface area contributed by atoms with E-state index in [1.807, 2.05) is 13.8 Å². The number of carboxylic acids is 1. The van der Waals surface area contributed by atoms with Crippen LogP contribution in [0.25, 0.3) is 0 Å². The van der Waals surface area contributed by atoms with Crippen molar-refractivity contribution < 1.29 is 19.4 Å². The standard InChI is InChI=1S/C11H18O4/c1-10(2)7(8(12)15-4)5-6-11(10,3)9(13)14/h7H,5-6H2,1-4H3,(H,13,14). The maximum atomic E-state index is 11.5. The average molecular weight is 214 g/mol. The van der Waals surface area contributed by atoms with E-state index in [9.17, 15) is 14.7 Å². The molecule has 86 valence electrons. The van der Waals surface area contributed by atoms with Crippen LogP contribution in [-0.4, -0.2) is 24.2 Å². The largest absolute Gasteiger partial charge is 0.481 e. The molecule has 0 radical (unpaired) electrons. The molecule has 1 rings (SSSR count). The van der Waals surface area contributed by atoms with E-state index in [-0.39, 0.29) is 11.9 Å². The highest BCUT2D eigenvalue weighted by molar-refractivity contribution is 5.80. The van der Waals surface area contributed by atoms with Crippen molar-refractivity contribution in [3.05, 3.63) is 0 Å². The molecule has 1 N–H and O–H groups in total. The van der Waals surface area contributed by atoms with Crippen molar-refractivity contribution in [3.63, 3.8) is 0 Å². The Morgan fingerprint density at radius 3 is 2.20 bits per heavy atom. The topological polar surface area (TPSA) is 63.6 Å². The van der Waals surface area contributed by atoms with E-state index < -0.39 is 16.8 Å². The van der Waals surface area contributed by atoms with Gasteiger partial charge in [0.05, 0.1) is 18.4 Å². The van der Waals surface area contributed by atoms with Gasteiger partial charge in [-0.05, 0) is 25.2 Å². The van der Waals surface area contributed by atoms with Gasteiger partial charge in [0.1, 0.15) is 0 Å². The number of hydrogen-bond acceptors (Lipinski definition) is 3. The summed E-state index contributed by atoms with van der Waals surface area (Å²) in [5.74, 6) is -1.45. The maximum Gasteiger partial charge on any atom is 0.309 e. The van der Waals surface area contributed by atoms with Crippen LogP contribution in [0.1, 0.15) is 33.6 Å². The first-order chi connectivity index (χ1) is 6.77. The first kappa shape index (κ1) is 12.0. The predicted octanol–water partition coefficient (Wildman–Crippen LogP) is 1.69. The van der Waals surface area contributed by atoms with Crippen LogP contribution in [0.3, 0.4) is 0 Å². The smallest absolute Gasteiger partial charge is 0.309 e. The van der Waals surface area contributed by atoms with Crippen LogP contribution < -0.4 is 0 Å². The molecular weight excluding hydrogens is 196 g/mol. The van der Waals surface area contributed by atoms with Gasteiger partial charge in [-0.3, -0.25) is 9.59 Å². The Kier molecular flexibility index (Phi) is 2.81. The molecule has 1 saturated carbocycles. The summed E-state index contributed by atoms with van der Waals surface area (Å²) < 4.78 is 4.71. The lowest BCUT2D eigenvalue weighted by atomic mass is 9.66. The van der Waals surface area contributed by atoms with Crippen LogP contribution in [0.15, 0.2) is 0 Å². The molecule has 2 unspecified atom stereocenters. The number of aliphatic carboxylic acids is 1. The summed E-state index contributed by atoms with van der Waals surface area (Å²) in [5, 5.41) is 9.23. The van der Waals surface area contributed by atoms with Crippen molar-refractivity contribution in [3.8, 4) is 0 Å². The zero-order valence-corrected chi connectivity index (χ0v) is 9.66. The highest BCUT2D eigenvalue weighted by Crippen LogP contribution is 2.56. The molecule has 4 heteroatoms. The second-order valence-corrected chi connectivity index (χ2v) is 4.97. The van der Waals surface area contributed by atoms with Crippen molar-refractivity contribution >= 4 is 11.9 Å². The number of methoxy groups -OCH3 is 1. The fourth-order valence-electron chi connectivity index (χ4n) is 2.44. The van der Waals surface area contributed by atoms with E-state index in [4.69, 9.17) is 4.74 Å². The summed E-state index contributed by atoms with van der Waals surface area (Å²) in [7, 11) is 1.34. The van der Waals surface area contributed by atoms with Gasteiger partial charge in [-0.15, -0.1) is 0 Å². The minimum Gasteiger partial charge on any atom is -0.481 e. The van der Waals surface area contributed by atoms with E-state index in [0.717, 1.165) is 0 Å². The quantitative estimate of drug-likeness (QED) is 0.710. The Morgan fingerprint density at radius 2 is 1.87 bits per heavy atom. The third-order valence-corrected chi connectivity index (χ3v) is 4.18. The summed E-state index contributed by atoms with van der Waals surface area (Å²) in [4.78, 5) is 22.8. The highest BCUT2D eigenvalue weighted by Gasteiger charge is 2.58. The molecule has 1 fully saturated rings. The minimum atomic E-state index is -0.841. The van der Waals surface area contributed by atoms with Gasteiger partial charge < -0.3 is 9.84 Å². The van der Waals surface area contributed by atoms with E-state index in [1.54, 1.807) is 6.92 Å². The van der Waals surface area contributed by atoms with Crippen molar-refractivity contribution in [2.45, 2.75) is 33.6 Å². The third-order valence-electron chi connectivity index (χ3n) is 4.18.